The van der Waals surface area contributed by atoms with Gasteiger partial charge in [0.15, 0.2) is 0 Å². The monoisotopic (exact) mass is 419 g/mol. The average molecular weight is 420 g/mol. The zero-order valence-electron chi connectivity index (χ0n) is 17.8. The summed E-state index contributed by atoms with van der Waals surface area (Å²) < 4.78 is 6.13. The van der Waals surface area contributed by atoms with E-state index >= 15 is 0 Å². The van der Waals surface area contributed by atoms with Gasteiger partial charge in [-0.1, -0.05) is 54.1 Å². The fraction of sp³-hybridized carbons (Fsp3) is 0.280. The number of rotatable bonds is 11. The number of aryl methyl sites for hydroxylation is 1. The Balaban J connectivity index is 1.72. The molecule has 0 aliphatic heterocycles. The minimum absolute atomic E-state index is 0.356. The van der Waals surface area contributed by atoms with Crippen molar-refractivity contribution in [3.05, 3.63) is 95.3 Å². The van der Waals surface area contributed by atoms with Crippen molar-refractivity contribution >= 4 is 5.97 Å². The van der Waals surface area contributed by atoms with Crippen molar-refractivity contribution < 1.29 is 14.6 Å². The van der Waals surface area contributed by atoms with Gasteiger partial charge in [0.25, 0.3) is 0 Å². The fourth-order valence-electron chi connectivity index (χ4n) is 3.36. The van der Waals surface area contributed by atoms with Crippen LogP contribution < -0.4 is 10.5 Å². The number of hydrogen-bond donors (Lipinski definition) is 2. The summed E-state index contributed by atoms with van der Waals surface area (Å²) >= 11 is 0. The Morgan fingerprint density at radius 1 is 1.10 bits per heavy atom. The number of nitrogens with zero attached hydrogens (tertiary/aromatic N) is 2. The first kappa shape index (κ1) is 22.5. The fourth-order valence-corrected chi connectivity index (χ4v) is 3.36. The third-order valence-electron chi connectivity index (χ3n) is 5.03. The highest BCUT2D eigenvalue weighted by atomic mass is 16.5. The molecule has 0 aliphatic rings. The maximum absolute atomic E-state index is 11.2. The van der Waals surface area contributed by atoms with Crippen LogP contribution in [0.4, 0.5) is 0 Å². The van der Waals surface area contributed by atoms with Crippen LogP contribution in [0, 0.1) is 6.92 Å². The van der Waals surface area contributed by atoms with E-state index in [1.165, 1.54) is 5.56 Å². The van der Waals surface area contributed by atoms with E-state index in [2.05, 4.69) is 35.0 Å². The number of carbonyl (C=O) groups is 1. The molecule has 0 aliphatic carbocycles. The second-order valence-electron chi connectivity index (χ2n) is 7.65. The molecular formula is C25H29N3O3. The molecule has 1 atom stereocenters. The van der Waals surface area contributed by atoms with Gasteiger partial charge in [0.2, 0.25) is 0 Å². The molecule has 0 amide bonds. The summed E-state index contributed by atoms with van der Waals surface area (Å²) in [6, 6.07) is 21.1. The SMILES string of the molecule is Cc1cccc(COc2ccccc2CN(CCC(N)C(=O)O)Cc2ccccn2)c1. The van der Waals surface area contributed by atoms with Crippen molar-refractivity contribution in [3.63, 3.8) is 0 Å². The number of pyridine rings is 1. The lowest BCUT2D eigenvalue weighted by Gasteiger charge is -2.24. The number of nitrogens with two attached hydrogens (primary N) is 1. The summed E-state index contributed by atoms with van der Waals surface area (Å²) in [5.41, 5.74) is 10.0. The number of carboxylic acids is 1. The Morgan fingerprint density at radius 2 is 1.90 bits per heavy atom. The number of aromatic nitrogens is 1. The zero-order chi connectivity index (χ0) is 22.1. The van der Waals surface area contributed by atoms with E-state index in [0.717, 1.165) is 22.6 Å². The van der Waals surface area contributed by atoms with Gasteiger partial charge < -0.3 is 15.6 Å². The maximum Gasteiger partial charge on any atom is 0.320 e. The Labute approximate surface area is 183 Å². The Hall–Kier alpha value is -3.22. The minimum atomic E-state index is -0.986. The van der Waals surface area contributed by atoms with Crippen LogP contribution in [-0.4, -0.2) is 33.5 Å². The minimum Gasteiger partial charge on any atom is -0.489 e. The highest BCUT2D eigenvalue weighted by Gasteiger charge is 2.16. The van der Waals surface area contributed by atoms with Crippen molar-refractivity contribution in [1.82, 2.24) is 9.88 Å². The molecule has 0 radical (unpaired) electrons. The van der Waals surface area contributed by atoms with Gasteiger partial charge in [0, 0.05) is 31.4 Å². The smallest absolute Gasteiger partial charge is 0.320 e. The molecule has 162 valence electrons. The predicted molar refractivity (Wildman–Crippen MR) is 121 cm³/mol. The van der Waals surface area contributed by atoms with Gasteiger partial charge in [-0.25, -0.2) is 0 Å². The molecule has 0 bridgehead atoms. The normalized spacial score (nSPS) is 12.0. The highest BCUT2D eigenvalue weighted by molar-refractivity contribution is 5.72. The Kier molecular flexibility index (Phi) is 8.15. The first-order valence-electron chi connectivity index (χ1n) is 10.4. The van der Waals surface area contributed by atoms with Crippen LogP contribution in [-0.2, 0) is 24.5 Å². The summed E-state index contributed by atoms with van der Waals surface area (Å²) in [4.78, 5) is 17.7. The van der Waals surface area contributed by atoms with Crippen LogP contribution in [0.25, 0.3) is 0 Å². The van der Waals surface area contributed by atoms with E-state index in [4.69, 9.17) is 15.6 Å². The largest absolute Gasteiger partial charge is 0.489 e. The number of hydrogen-bond acceptors (Lipinski definition) is 5. The third kappa shape index (κ3) is 7.20. The quantitative estimate of drug-likeness (QED) is 0.492. The van der Waals surface area contributed by atoms with Crippen LogP contribution in [0.15, 0.2) is 72.9 Å². The van der Waals surface area contributed by atoms with Crippen molar-refractivity contribution in [2.24, 2.45) is 5.73 Å². The lowest BCUT2D eigenvalue weighted by Crippen LogP contribution is -2.35. The molecule has 6 heteroatoms. The molecule has 31 heavy (non-hydrogen) atoms. The van der Waals surface area contributed by atoms with Crippen LogP contribution >= 0.6 is 0 Å². The molecule has 1 aromatic heterocycles. The van der Waals surface area contributed by atoms with Gasteiger partial charge in [-0.2, -0.15) is 0 Å². The molecule has 0 saturated carbocycles. The number of aliphatic carboxylic acids is 1. The van der Waals surface area contributed by atoms with Gasteiger partial charge in [-0.15, -0.1) is 0 Å². The summed E-state index contributed by atoms with van der Waals surface area (Å²) in [6.45, 7) is 4.29. The van der Waals surface area contributed by atoms with Gasteiger partial charge in [0.05, 0.1) is 5.69 Å². The molecule has 6 nitrogen and oxygen atoms in total. The van der Waals surface area contributed by atoms with Crippen molar-refractivity contribution in [2.45, 2.75) is 39.1 Å². The Morgan fingerprint density at radius 3 is 2.65 bits per heavy atom. The summed E-state index contributed by atoms with van der Waals surface area (Å²) in [6.07, 6.45) is 2.11. The lowest BCUT2D eigenvalue weighted by atomic mass is 10.1. The van der Waals surface area contributed by atoms with E-state index in [1.807, 2.05) is 48.5 Å². The van der Waals surface area contributed by atoms with Crippen molar-refractivity contribution in [3.8, 4) is 5.75 Å². The molecular weight excluding hydrogens is 390 g/mol. The summed E-state index contributed by atoms with van der Waals surface area (Å²) in [5.74, 6) is -0.169. The van der Waals surface area contributed by atoms with E-state index in [0.29, 0.717) is 32.7 Å². The molecule has 0 saturated heterocycles. The predicted octanol–water partition coefficient (Wildman–Crippen LogP) is 3.77. The first-order valence-corrected chi connectivity index (χ1v) is 10.4. The van der Waals surface area contributed by atoms with Gasteiger partial charge in [0.1, 0.15) is 18.4 Å². The molecule has 3 N–H and O–H groups in total. The topological polar surface area (TPSA) is 88.7 Å². The van der Waals surface area contributed by atoms with Gasteiger partial charge in [-0.05, 0) is 37.1 Å². The average Bonchev–Trinajstić information content (AvgIpc) is 2.77. The number of benzene rings is 2. The first-order chi connectivity index (χ1) is 15.0. The standard InChI is InChI=1S/C25H29N3O3/c1-19-7-6-8-20(15-19)18-31-24-11-3-2-9-21(24)16-28(14-12-23(26)25(29)30)17-22-10-4-5-13-27-22/h2-11,13,15,23H,12,14,16-18,26H2,1H3,(H,29,30). The maximum atomic E-state index is 11.2. The zero-order valence-corrected chi connectivity index (χ0v) is 17.8. The molecule has 1 unspecified atom stereocenters. The second-order valence-corrected chi connectivity index (χ2v) is 7.65. The van der Waals surface area contributed by atoms with Crippen molar-refractivity contribution in [2.75, 3.05) is 6.54 Å². The third-order valence-corrected chi connectivity index (χ3v) is 5.03. The molecule has 3 aromatic rings. The van der Waals surface area contributed by atoms with Crippen LogP contribution in [0.3, 0.4) is 0 Å². The number of carboxylic acid groups (broad SMARTS) is 1. The molecule has 0 fully saturated rings. The van der Waals surface area contributed by atoms with E-state index in [1.54, 1.807) is 6.20 Å². The molecule has 2 aromatic carbocycles. The van der Waals surface area contributed by atoms with Crippen LogP contribution in [0.2, 0.25) is 0 Å². The van der Waals surface area contributed by atoms with Gasteiger partial charge >= 0.3 is 5.97 Å². The number of ether oxygens (including phenoxy) is 1. The highest BCUT2D eigenvalue weighted by Crippen LogP contribution is 2.22. The van der Waals surface area contributed by atoms with E-state index in [-0.39, 0.29) is 0 Å². The summed E-state index contributed by atoms with van der Waals surface area (Å²) in [5, 5.41) is 9.14. The molecule has 1 heterocycles. The van der Waals surface area contributed by atoms with Crippen molar-refractivity contribution in [1.29, 1.82) is 0 Å². The van der Waals surface area contributed by atoms with Crippen LogP contribution in [0.1, 0.15) is 28.8 Å². The molecule has 0 spiro atoms. The Bertz CT molecular complexity index is 979. The van der Waals surface area contributed by atoms with E-state index in [9.17, 15) is 4.79 Å². The molecule has 3 rings (SSSR count). The lowest BCUT2D eigenvalue weighted by molar-refractivity contribution is -0.138. The van der Waals surface area contributed by atoms with E-state index < -0.39 is 12.0 Å². The van der Waals surface area contributed by atoms with Crippen LogP contribution in [0.5, 0.6) is 5.75 Å². The number of para-hydroxylation sites is 1. The second kappa shape index (κ2) is 11.2. The summed E-state index contributed by atoms with van der Waals surface area (Å²) in [7, 11) is 0. The van der Waals surface area contributed by atoms with Gasteiger partial charge in [-0.3, -0.25) is 14.7 Å².